The van der Waals surface area contributed by atoms with E-state index >= 15 is 0 Å². The van der Waals surface area contributed by atoms with Crippen molar-refractivity contribution in [2.24, 2.45) is 5.92 Å². The zero-order valence-electron chi connectivity index (χ0n) is 27.1. The maximum absolute atomic E-state index is 13.9. The molecule has 0 aromatic heterocycles. The number of alkyl carbamates (subject to hydrolysis) is 1. The van der Waals surface area contributed by atoms with Crippen molar-refractivity contribution in [1.29, 1.82) is 0 Å². The average Bonchev–Trinajstić information content (AvgIpc) is 2.88. The van der Waals surface area contributed by atoms with Crippen LogP contribution in [-0.2, 0) is 29.0 Å². The lowest BCUT2D eigenvalue weighted by Crippen LogP contribution is -2.45. The summed E-state index contributed by atoms with van der Waals surface area (Å²) in [6, 6.07) is 5.26. The lowest BCUT2D eigenvalue weighted by Gasteiger charge is -2.32. The van der Waals surface area contributed by atoms with Crippen molar-refractivity contribution in [3.8, 4) is 0 Å². The number of carbonyl (C=O) groups is 3. The maximum atomic E-state index is 13.9. The zero-order valence-corrected chi connectivity index (χ0v) is 27.9. The molecule has 1 aromatic carbocycles. The summed E-state index contributed by atoms with van der Waals surface area (Å²) in [6.45, 7) is 12.0. The van der Waals surface area contributed by atoms with Crippen LogP contribution in [0.15, 0.2) is 29.2 Å². The molecule has 1 unspecified atom stereocenters. The molecule has 0 saturated carbocycles. The van der Waals surface area contributed by atoms with E-state index in [0.29, 0.717) is 38.1 Å². The van der Waals surface area contributed by atoms with Crippen molar-refractivity contribution >= 4 is 33.9 Å². The normalized spacial score (nSPS) is 12.7. The number of esters is 1. The minimum atomic E-state index is -4.01. The van der Waals surface area contributed by atoms with Crippen LogP contribution in [-0.4, -0.2) is 94.4 Å². The van der Waals surface area contributed by atoms with Gasteiger partial charge in [-0.3, -0.25) is 15.0 Å². The predicted molar refractivity (Wildman–Crippen MR) is 166 cm³/mol. The molecule has 0 spiro atoms. The first-order chi connectivity index (χ1) is 20.0. The van der Waals surface area contributed by atoms with Gasteiger partial charge in [0, 0.05) is 18.8 Å². The van der Waals surface area contributed by atoms with Crippen LogP contribution in [0.1, 0.15) is 73.6 Å². The number of nitrogens with one attached hydrogen (secondary N) is 2. The number of hydrogen-bond donors (Lipinski definition) is 2. The van der Waals surface area contributed by atoms with Crippen LogP contribution >= 0.6 is 0 Å². The number of carbonyl (C=O) groups excluding carboxylic acids is 3. The molecule has 0 heterocycles. The Morgan fingerprint density at radius 1 is 0.953 bits per heavy atom. The van der Waals surface area contributed by atoms with Crippen molar-refractivity contribution < 1.29 is 37.0 Å². The number of benzene rings is 1. The Hall–Kier alpha value is -2.90. The van der Waals surface area contributed by atoms with E-state index in [-0.39, 0.29) is 30.5 Å². The summed E-state index contributed by atoms with van der Waals surface area (Å²) in [5, 5.41) is 5.31. The number of likely N-dealkylation sites (N-methyl/N-ethyl adjacent to an activating group) is 1. The van der Waals surface area contributed by atoms with Crippen LogP contribution in [0.2, 0.25) is 0 Å². The molecule has 0 aliphatic heterocycles. The predicted octanol–water partition coefficient (Wildman–Crippen LogP) is 4.85. The highest BCUT2D eigenvalue weighted by Gasteiger charge is 2.33. The van der Waals surface area contributed by atoms with E-state index in [1.165, 1.54) is 28.6 Å². The second kappa shape index (κ2) is 18.7. The average molecular weight is 629 g/mol. The Labute approximate surface area is 257 Å². The Bertz CT molecular complexity index is 1100. The minimum Gasteiger partial charge on any atom is -0.463 e. The van der Waals surface area contributed by atoms with Gasteiger partial charge in [0.2, 0.25) is 10.0 Å². The van der Waals surface area contributed by atoms with Gasteiger partial charge in [0.05, 0.1) is 24.1 Å². The van der Waals surface area contributed by atoms with E-state index in [1.54, 1.807) is 39.8 Å². The zero-order chi connectivity index (χ0) is 32.6. The van der Waals surface area contributed by atoms with Crippen LogP contribution in [0.5, 0.6) is 0 Å². The van der Waals surface area contributed by atoms with Gasteiger partial charge in [-0.05, 0) is 90.7 Å². The molecule has 1 aromatic rings. The standard InChI is InChI=1S/C30H52N4O8S/c1-9-10-19-40-29(37)32-24-14-16-26(17-15-24)43(38,39)34(20-23(2)3)25(22-41-27(35)21-33(7)8)13-11-12-18-31-28(36)42-30(4,5)6/h14-17,23,25H,9-13,18-22H2,1-8H3,(H,31,36)(H,32,37). The van der Waals surface area contributed by atoms with E-state index in [4.69, 9.17) is 14.2 Å². The molecule has 1 atom stereocenters. The molecule has 0 aliphatic carbocycles. The highest BCUT2D eigenvalue weighted by molar-refractivity contribution is 7.89. The van der Waals surface area contributed by atoms with Gasteiger partial charge in [-0.2, -0.15) is 4.31 Å². The Kier molecular flexibility index (Phi) is 16.6. The number of hydrogen-bond acceptors (Lipinski definition) is 9. The van der Waals surface area contributed by atoms with Crippen LogP contribution < -0.4 is 10.6 Å². The summed E-state index contributed by atoms with van der Waals surface area (Å²) in [7, 11) is -0.517. The molecule has 43 heavy (non-hydrogen) atoms. The third-order valence-corrected chi connectivity index (χ3v) is 7.84. The summed E-state index contributed by atoms with van der Waals surface area (Å²) in [4.78, 5) is 38.0. The van der Waals surface area contributed by atoms with Gasteiger partial charge >= 0.3 is 18.2 Å². The number of nitrogens with zero attached hydrogens (tertiary/aromatic N) is 2. The number of ether oxygens (including phenoxy) is 3. The van der Waals surface area contributed by atoms with Gasteiger partial charge in [0.15, 0.2) is 0 Å². The first kappa shape index (κ1) is 38.1. The van der Waals surface area contributed by atoms with E-state index in [2.05, 4.69) is 10.6 Å². The fraction of sp³-hybridized carbons (Fsp3) is 0.700. The third-order valence-electron chi connectivity index (χ3n) is 5.91. The molecular formula is C30H52N4O8S. The van der Waals surface area contributed by atoms with E-state index in [0.717, 1.165) is 12.8 Å². The number of amides is 2. The number of rotatable bonds is 18. The van der Waals surface area contributed by atoms with Crippen molar-refractivity contribution in [2.75, 3.05) is 52.3 Å². The van der Waals surface area contributed by atoms with Crippen LogP contribution in [0.25, 0.3) is 0 Å². The molecule has 2 amide bonds. The summed E-state index contributed by atoms with van der Waals surface area (Å²) in [6.07, 6.45) is 2.07. The molecule has 0 saturated heterocycles. The second-order valence-corrected chi connectivity index (χ2v) is 14.0. The summed E-state index contributed by atoms with van der Waals surface area (Å²) >= 11 is 0. The van der Waals surface area contributed by atoms with Crippen molar-refractivity contribution in [3.63, 3.8) is 0 Å². The highest BCUT2D eigenvalue weighted by atomic mass is 32.2. The van der Waals surface area contributed by atoms with Crippen molar-refractivity contribution in [1.82, 2.24) is 14.5 Å². The van der Waals surface area contributed by atoms with E-state index in [1.807, 2.05) is 20.8 Å². The van der Waals surface area contributed by atoms with Gasteiger partial charge < -0.3 is 19.5 Å². The second-order valence-electron chi connectivity index (χ2n) is 12.1. The van der Waals surface area contributed by atoms with Gasteiger partial charge in [0.1, 0.15) is 12.2 Å². The first-order valence-corrected chi connectivity index (χ1v) is 16.3. The Balaban J connectivity index is 3.09. The van der Waals surface area contributed by atoms with Crippen molar-refractivity contribution in [3.05, 3.63) is 24.3 Å². The van der Waals surface area contributed by atoms with Crippen LogP contribution in [0, 0.1) is 5.92 Å². The summed E-state index contributed by atoms with van der Waals surface area (Å²) in [5.74, 6) is -0.466. The molecular weight excluding hydrogens is 576 g/mol. The van der Waals surface area contributed by atoms with Gasteiger partial charge in [-0.1, -0.05) is 27.2 Å². The van der Waals surface area contributed by atoms with Crippen LogP contribution in [0.4, 0.5) is 15.3 Å². The molecule has 0 fully saturated rings. The van der Waals surface area contributed by atoms with E-state index in [9.17, 15) is 22.8 Å². The fourth-order valence-corrected chi connectivity index (χ4v) is 5.73. The summed E-state index contributed by atoms with van der Waals surface area (Å²) in [5.41, 5.74) is -0.203. The van der Waals surface area contributed by atoms with E-state index < -0.39 is 39.8 Å². The Morgan fingerprint density at radius 2 is 1.60 bits per heavy atom. The topological polar surface area (TPSA) is 144 Å². The quantitative estimate of drug-likeness (QED) is 0.132. The molecule has 1 rings (SSSR count). The Morgan fingerprint density at radius 3 is 2.16 bits per heavy atom. The lowest BCUT2D eigenvalue weighted by molar-refractivity contribution is -0.145. The van der Waals surface area contributed by atoms with Gasteiger partial charge in [0.25, 0.3) is 0 Å². The monoisotopic (exact) mass is 628 g/mol. The number of unbranched alkanes of at least 4 members (excludes halogenated alkanes) is 2. The number of anilines is 1. The minimum absolute atomic E-state index is 0.0117. The van der Waals surface area contributed by atoms with Crippen LogP contribution in [0.3, 0.4) is 0 Å². The molecule has 0 radical (unpaired) electrons. The SMILES string of the molecule is CCCCOC(=O)Nc1ccc(S(=O)(=O)N(CC(C)C)C(CCCCNC(=O)OC(C)(C)C)COC(=O)CN(C)C)cc1. The molecule has 2 N–H and O–H groups in total. The fourth-order valence-electron chi connectivity index (χ4n) is 3.93. The molecule has 0 bridgehead atoms. The number of sulfonamides is 1. The molecule has 0 aliphatic rings. The lowest BCUT2D eigenvalue weighted by atomic mass is 10.1. The summed E-state index contributed by atoms with van der Waals surface area (Å²) < 4.78 is 45.2. The molecule has 13 heteroatoms. The maximum Gasteiger partial charge on any atom is 0.411 e. The first-order valence-electron chi connectivity index (χ1n) is 14.9. The largest absolute Gasteiger partial charge is 0.463 e. The molecule has 12 nitrogen and oxygen atoms in total. The smallest absolute Gasteiger partial charge is 0.411 e. The van der Waals surface area contributed by atoms with Crippen molar-refractivity contribution in [2.45, 2.75) is 90.2 Å². The van der Waals surface area contributed by atoms with Gasteiger partial charge in [-0.15, -0.1) is 0 Å². The highest BCUT2D eigenvalue weighted by Crippen LogP contribution is 2.24. The van der Waals surface area contributed by atoms with Gasteiger partial charge in [-0.25, -0.2) is 18.0 Å². The molecule has 246 valence electrons. The third kappa shape index (κ3) is 15.9.